The van der Waals surface area contributed by atoms with Crippen LogP contribution >= 0.6 is 34.8 Å². The van der Waals surface area contributed by atoms with E-state index >= 15 is 0 Å². The summed E-state index contributed by atoms with van der Waals surface area (Å²) in [6.45, 7) is -0.403. The molecule has 2 aromatic rings. The second-order valence-electron chi connectivity index (χ2n) is 6.54. The van der Waals surface area contributed by atoms with Gasteiger partial charge >= 0.3 is 5.97 Å². The van der Waals surface area contributed by atoms with Crippen LogP contribution in [-0.4, -0.2) is 23.3 Å². The molecule has 27 heavy (non-hydrogen) atoms. The molecule has 0 radical (unpaired) electrons. The first kappa shape index (κ1) is 20.1. The fraction of sp³-hybridized carbons (Fsp3) is 0.350. The number of aromatic nitrogens is 1. The molecule has 1 aliphatic carbocycles. The van der Waals surface area contributed by atoms with Crippen molar-refractivity contribution in [3.05, 3.63) is 62.4 Å². The third-order valence-electron chi connectivity index (χ3n) is 4.75. The zero-order chi connectivity index (χ0) is 19.4. The highest BCUT2D eigenvalue weighted by atomic mass is 35.5. The molecular formula is C20H18Cl3NO3. The molecule has 0 saturated heterocycles. The van der Waals surface area contributed by atoms with E-state index in [1.54, 1.807) is 12.1 Å². The minimum absolute atomic E-state index is 0.0184. The molecule has 4 nitrogen and oxygen atoms in total. The first-order chi connectivity index (χ1) is 13.0. The minimum atomic E-state index is -0.828. The van der Waals surface area contributed by atoms with Crippen LogP contribution < -0.4 is 0 Å². The molecule has 0 spiro atoms. The van der Waals surface area contributed by atoms with E-state index < -0.39 is 12.6 Å². The van der Waals surface area contributed by atoms with E-state index in [4.69, 9.17) is 39.5 Å². The Hall–Kier alpha value is -1.62. The van der Waals surface area contributed by atoms with E-state index in [1.807, 2.05) is 12.1 Å². The van der Waals surface area contributed by atoms with Crippen LogP contribution in [0.2, 0.25) is 15.1 Å². The first-order valence-corrected chi connectivity index (χ1v) is 9.90. The number of benzene rings is 1. The standard InChI is InChI=1S/C20H18Cl3NO3/c21-15-10-24-19(18(23)17(15)22)20(26)27-11-16(25)14-8-6-13(7-9-14)12-4-2-1-3-5-12/h6-10,12H,1-5,11H2. The number of pyridine rings is 1. The van der Waals surface area contributed by atoms with Crippen molar-refractivity contribution in [2.45, 2.75) is 38.0 Å². The van der Waals surface area contributed by atoms with Crippen molar-refractivity contribution < 1.29 is 14.3 Å². The van der Waals surface area contributed by atoms with Crippen molar-refractivity contribution >= 4 is 46.6 Å². The number of esters is 1. The van der Waals surface area contributed by atoms with Crippen molar-refractivity contribution in [3.8, 4) is 0 Å². The zero-order valence-corrected chi connectivity index (χ0v) is 16.8. The Labute approximate surface area is 172 Å². The number of nitrogens with zero attached hydrogens (tertiary/aromatic N) is 1. The highest BCUT2D eigenvalue weighted by Gasteiger charge is 2.20. The first-order valence-electron chi connectivity index (χ1n) is 8.77. The zero-order valence-electron chi connectivity index (χ0n) is 14.5. The molecule has 0 atom stereocenters. The number of rotatable bonds is 5. The van der Waals surface area contributed by atoms with Gasteiger partial charge in [0.05, 0.1) is 15.1 Å². The highest BCUT2D eigenvalue weighted by Crippen LogP contribution is 2.33. The van der Waals surface area contributed by atoms with Crippen LogP contribution in [0.5, 0.6) is 0 Å². The predicted octanol–water partition coefficient (Wildman–Crippen LogP) is 6.13. The Bertz CT molecular complexity index is 846. The van der Waals surface area contributed by atoms with E-state index in [-0.39, 0.29) is 26.5 Å². The summed E-state index contributed by atoms with van der Waals surface area (Å²) < 4.78 is 5.03. The number of carbonyl (C=O) groups excluding carboxylic acids is 2. The molecule has 1 aromatic carbocycles. The molecule has 142 valence electrons. The van der Waals surface area contributed by atoms with Crippen LogP contribution in [0, 0.1) is 0 Å². The summed E-state index contributed by atoms with van der Waals surface area (Å²) in [4.78, 5) is 28.2. The van der Waals surface area contributed by atoms with Crippen LogP contribution in [0.3, 0.4) is 0 Å². The van der Waals surface area contributed by atoms with Gasteiger partial charge in [-0.05, 0) is 24.3 Å². The third kappa shape index (κ3) is 4.81. The maximum Gasteiger partial charge on any atom is 0.358 e. The van der Waals surface area contributed by atoms with E-state index in [9.17, 15) is 9.59 Å². The van der Waals surface area contributed by atoms with Gasteiger partial charge in [0.15, 0.2) is 18.1 Å². The van der Waals surface area contributed by atoms with Gasteiger partial charge in [0, 0.05) is 11.8 Å². The summed E-state index contributed by atoms with van der Waals surface area (Å²) in [6.07, 6.45) is 7.41. The molecular weight excluding hydrogens is 409 g/mol. The molecule has 7 heteroatoms. The van der Waals surface area contributed by atoms with Gasteiger partial charge in [-0.15, -0.1) is 0 Å². The SMILES string of the molecule is O=C(COC(=O)c1ncc(Cl)c(Cl)c1Cl)c1ccc(C2CCCCC2)cc1. The Kier molecular flexibility index (Phi) is 6.74. The van der Waals surface area contributed by atoms with Gasteiger partial charge in [-0.25, -0.2) is 9.78 Å². The number of ether oxygens (including phenoxy) is 1. The van der Waals surface area contributed by atoms with Crippen LogP contribution in [0.1, 0.15) is 64.4 Å². The number of hydrogen-bond donors (Lipinski definition) is 0. The maximum atomic E-state index is 12.3. The van der Waals surface area contributed by atoms with E-state index in [0.717, 1.165) is 0 Å². The quantitative estimate of drug-likeness (QED) is 0.426. The van der Waals surface area contributed by atoms with Gasteiger partial charge in [-0.2, -0.15) is 0 Å². The predicted molar refractivity (Wildman–Crippen MR) is 106 cm³/mol. The molecule has 0 N–H and O–H groups in total. The number of ketones is 1. The van der Waals surface area contributed by atoms with Crippen molar-refractivity contribution in [1.82, 2.24) is 4.98 Å². The lowest BCUT2D eigenvalue weighted by atomic mass is 9.84. The van der Waals surface area contributed by atoms with Gasteiger partial charge in [0.25, 0.3) is 0 Å². The summed E-state index contributed by atoms with van der Waals surface area (Å²) in [7, 11) is 0. The number of hydrogen-bond acceptors (Lipinski definition) is 4. The summed E-state index contributed by atoms with van der Waals surface area (Å²) in [5, 5.41) is 0.0516. The van der Waals surface area contributed by atoms with Gasteiger partial charge < -0.3 is 4.74 Å². The van der Waals surface area contributed by atoms with E-state index in [2.05, 4.69) is 4.98 Å². The van der Waals surface area contributed by atoms with Crippen LogP contribution in [0.15, 0.2) is 30.5 Å². The molecule has 0 unspecified atom stereocenters. The number of Topliss-reactive ketones (excluding diaryl/α,β-unsaturated/α-hetero) is 1. The average Bonchev–Trinajstić information content (AvgIpc) is 2.71. The van der Waals surface area contributed by atoms with Crippen molar-refractivity contribution in [2.24, 2.45) is 0 Å². The van der Waals surface area contributed by atoms with E-state index in [1.165, 1.54) is 43.9 Å². The summed E-state index contributed by atoms with van der Waals surface area (Å²) >= 11 is 17.6. The highest BCUT2D eigenvalue weighted by molar-refractivity contribution is 6.48. The summed E-state index contributed by atoms with van der Waals surface area (Å²) in [5.74, 6) is -0.552. The third-order valence-corrected chi connectivity index (χ3v) is 5.99. The largest absolute Gasteiger partial charge is 0.453 e. The molecule has 3 rings (SSSR count). The smallest absolute Gasteiger partial charge is 0.358 e. The Morgan fingerprint density at radius 1 is 1.00 bits per heavy atom. The Morgan fingerprint density at radius 3 is 2.33 bits per heavy atom. The minimum Gasteiger partial charge on any atom is -0.453 e. The van der Waals surface area contributed by atoms with E-state index in [0.29, 0.717) is 11.5 Å². The number of carbonyl (C=O) groups is 2. The number of halogens is 3. The molecule has 1 fully saturated rings. The molecule has 0 amide bonds. The van der Waals surface area contributed by atoms with Crippen molar-refractivity contribution in [1.29, 1.82) is 0 Å². The van der Waals surface area contributed by atoms with Gasteiger partial charge in [0.2, 0.25) is 0 Å². The summed E-state index contributed by atoms with van der Waals surface area (Å²) in [6, 6.07) is 7.54. The van der Waals surface area contributed by atoms with Crippen molar-refractivity contribution in [2.75, 3.05) is 6.61 Å². The maximum absolute atomic E-state index is 12.3. The van der Waals surface area contributed by atoms with Crippen molar-refractivity contribution in [3.63, 3.8) is 0 Å². The van der Waals surface area contributed by atoms with Gasteiger partial charge in [0.1, 0.15) is 0 Å². The molecule has 0 aliphatic heterocycles. The average molecular weight is 427 g/mol. The monoisotopic (exact) mass is 425 g/mol. The second kappa shape index (κ2) is 9.05. The fourth-order valence-corrected chi connectivity index (χ4v) is 3.80. The normalized spacial score (nSPS) is 14.8. The van der Waals surface area contributed by atoms with Crippen LogP contribution in [0.4, 0.5) is 0 Å². The second-order valence-corrected chi connectivity index (χ2v) is 7.70. The molecule has 0 bridgehead atoms. The molecule has 1 heterocycles. The lowest BCUT2D eigenvalue weighted by Gasteiger charge is -2.22. The van der Waals surface area contributed by atoms with Gasteiger partial charge in [-0.1, -0.05) is 78.3 Å². The Morgan fingerprint density at radius 2 is 1.67 bits per heavy atom. The van der Waals surface area contributed by atoms with Crippen LogP contribution in [-0.2, 0) is 4.74 Å². The lowest BCUT2D eigenvalue weighted by Crippen LogP contribution is -2.16. The lowest BCUT2D eigenvalue weighted by molar-refractivity contribution is 0.0469. The fourth-order valence-electron chi connectivity index (χ4n) is 3.25. The van der Waals surface area contributed by atoms with Crippen LogP contribution in [0.25, 0.3) is 0 Å². The molecule has 1 saturated carbocycles. The molecule has 1 aromatic heterocycles. The van der Waals surface area contributed by atoms with Gasteiger partial charge in [-0.3, -0.25) is 4.79 Å². The summed E-state index contributed by atoms with van der Waals surface area (Å²) in [5.41, 5.74) is 1.58. The Balaban J connectivity index is 1.60. The topological polar surface area (TPSA) is 56.3 Å². The molecule has 1 aliphatic rings.